The monoisotopic (exact) mass is 487 g/mol. The Balaban J connectivity index is 1.33. The minimum Gasteiger partial charge on any atom is -0.497 e. The molecule has 9 nitrogen and oxygen atoms in total. The third kappa shape index (κ3) is 4.30. The Morgan fingerprint density at radius 2 is 1.59 bits per heavy atom. The number of anilines is 3. The normalized spacial score (nSPS) is 10.9. The van der Waals surface area contributed by atoms with Crippen molar-refractivity contribution in [2.45, 2.75) is 0 Å². The SMILES string of the molecule is COc1ccc(-c2nnc3c4ccccc4c(Nc4ccc(NC(=O)c5cccnc5)cc4)nn23)cc1. The number of methoxy groups -OCH3 is 1. The molecule has 37 heavy (non-hydrogen) atoms. The van der Waals surface area contributed by atoms with Gasteiger partial charge in [-0.05, 0) is 60.7 Å². The lowest BCUT2D eigenvalue weighted by atomic mass is 10.1. The van der Waals surface area contributed by atoms with Crippen molar-refractivity contribution in [3.63, 3.8) is 0 Å². The third-order valence-electron chi connectivity index (χ3n) is 5.94. The predicted octanol–water partition coefficient (Wildman–Crippen LogP) is 5.34. The number of hydrogen-bond donors (Lipinski definition) is 2. The largest absolute Gasteiger partial charge is 0.497 e. The average molecular weight is 488 g/mol. The van der Waals surface area contributed by atoms with E-state index in [0.717, 1.165) is 27.8 Å². The van der Waals surface area contributed by atoms with Crippen molar-refractivity contribution >= 4 is 39.5 Å². The molecule has 0 bridgehead atoms. The highest BCUT2D eigenvalue weighted by atomic mass is 16.5. The van der Waals surface area contributed by atoms with Crippen molar-refractivity contribution in [2.75, 3.05) is 17.7 Å². The van der Waals surface area contributed by atoms with Crippen molar-refractivity contribution in [2.24, 2.45) is 0 Å². The number of aromatic nitrogens is 5. The highest BCUT2D eigenvalue weighted by Gasteiger charge is 2.16. The topological polar surface area (TPSA) is 106 Å². The standard InChI is InChI=1S/C28H21N7O2/c1-37-22-14-8-18(9-15-22)26-32-33-27-24-7-3-2-6-23(24)25(34-35(26)27)30-20-10-12-21(13-11-20)31-28(36)19-5-4-16-29-17-19/h2-17H,1H3,(H,30,34)(H,31,36). The molecule has 9 heteroatoms. The predicted molar refractivity (Wildman–Crippen MR) is 142 cm³/mol. The van der Waals surface area contributed by atoms with Crippen LogP contribution in [-0.4, -0.2) is 37.8 Å². The molecule has 0 radical (unpaired) electrons. The molecule has 0 saturated carbocycles. The molecule has 3 heterocycles. The lowest BCUT2D eigenvalue weighted by Crippen LogP contribution is -2.11. The van der Waals surface area contributed by atoms with E-state index in [4.69, 9.17) is 9.84 Å². The highest BCUT2D eigenvalue weighted by molar-refractivity contribution is 6.04. The first kappa shape index (κ1) is 22.2. The second-order valence-corrected chi connectivity index (χ2v) is 8.28. The van der Waals surface area contributed by atoms with E-state index in [2.05, 4.69) is 25.8 Å². The van der Waals surface area contributed by atoms with Crippen LogP contribution < -0.4 is 15.4 Å². The van der Waals surface area contributed by atoms with Crippen LogP contribution in [0.3, 0.4) is 0 Å². The van der Waals surface area contributed by atoms with Gasteiger partial charge in [0.25, 0.3) is 5.91 Å². The first-order valence-corrected chi connectivity index (χ1v) is 11.6. The molecule has 6 aromatic rings. The van der Waals surface area contributed by atoms with Crippen molar-refractivity contribution in [1.29, 1.82) is 0 Å². The molecule has 3 aromatic carbocycles. The van der Waals surface area contributed by atoms with Crippen LogP contribution in [0.5, 0.6) is 5.75 Å². The summed E-state index contributed by atoms with van der Waals surface area (Å²) < 4.78 is 7.02. The van der Waals surface area contributed by atoms with Gasteiger partial charge in [-0.1, -0.05) is 24.3 Å². The van der Waals surface area contributed by atoms with Gasteiger partial charge in [-0.15, -0.1) is 15.3 Å². The van der Waals surface area contributed by atoms with Crippen molar-refractivity contribution in [1.82, 2.24) is 24.8 Å². The van der Waals surface area contributed by atoms with Gasteiger partial charge in [0.05, 0.1) is 12.7 Å². The zero-order valence-corrected chi connectivity index (χ0v) is 19.8. The number of hydrogen-bond acceptors (Lipinski definition) is 7. The summed E-state index contributed by atoms with van der Waals surface area (Å²) in [6, 6.07) is 26.4. The number of fused-ring (bicyclic) bond motifs is 3. The zero-order chi connectivity index (χ0) is 25.2. The Morgan fingerprint density at radius 1 is 0.838 bits per heavy atom. The molecule has 0 fully saturated rings. The summed E-state index contributed by atoms with van der Waals surface area (Å²) in [4.78, 5) is 16.4. The first-order valence-electron chi connectivity index (χ1n) is 11.6. The van der Waals surface area contributed by atoms with E-state index in [1.165, 1.54) is 6.20 Å². The lowest BCUT2D eigenvalue weighted by Gasteiger charge is -2.12. The number of nitrogens with zero attached hydrogens (tertiary/aromatic N) is 5. The van der Waals surface area contributed by atoms with Gasteiger partial charge >= 0.3 is 0 Å². The van der Waals surface area contributed by atoms with E-state index in [1.807, 2.05) is 72.8 Å². The molecular weight excluding hydrogens is 466 g/mol. The van der Waals surface area contributed by atoms with Crippen LogP contribution in [0.1, 0.15) is 10.4 Å². The smallest absolute Gasteiger partial charge is 0.257 e. The maximum Gasteiger partial charge on any atom is 0.257 e. The number of ether oxygens (including phenoxy) is 1. The maximum atomic E-state index is 12.4. The second-order valence-electron chi connectivity index (χ2n) is 8.28. The molecule has 0 unspecified atom stereocenters. The van der Waals surface area contributed by atoms with Crippen molar-refractivity contribution in [3.05, 3.63) is 103 Å². The van der Waals surface area contributed by atoms with E-state index < -0.39 is 0 Å². The number of pyridine rings is 1. The van der Waals surface area contributed by atoms with Gasteiger partial charge in [0, 0.05) is 40.1 Å². The van der Waals surface area contributed by atoms with Crippen LogP contribution in [0.15, 0.2) is 97.3 Å². The summed E-state index contributed by atoms with van der Waals surface area (Å²) in [6.07, 6.45) is 3.16. The Kier molecular flexibility index (Phi) is 5.62. The number of benzene rings is 3. The zero-order valence-electron chi connectivity index (χ0n) is 19.8. The molecule has 180 valence electrons. The number of amides is 1. The van der Waals surface area contributed by atoms with Gasteiger partial charge in [-0.25, -0.2) is 0 Å². The minimum absolute atomic E-state index is 0.217. The van der Waals surface area contributed by atoms with E-state index in [0.29, 0.717) is 28.5 Å². The summed E-state index contributed by atoms with van der Waals surface area (Å²) >= 11 is 0. The summed E-state index contributed by atoms with van der Waals surface area (Å²) in [5.74, 6) is 1.83. The average Bonchev–Trinajstić information content (AvgIpc) is 3.39. The number of carbonyl (C=O) groups excluding carboxylic acids is 1. The van der Waals surface area contributed by atoms with Gasteiger partial charge in [-0.2, -0.15) is 4.52 Å². The Bertz CT molecular complexity index is 1710. The van der Waals surface area contributed by atoms with Crippen molar-refractivity contribution in [3.8, 4) is 17.1 Å². The molecule has 0 spiro atoms. The Morgan fingerprint density at radius 3 is 2.32 bits per heavy atom. The molecule has 0 aliphatic heterocycles. The van der Waals surface area contributed by atoms with Gasteiger partial charge in [0.15, 0.2) is 17.3 Å². The molecule has 0 aliphatic rings. The Labute approximate surface area is 211 Å². The van der Waals surface area contributed by atoms with Gasteiger partial charge < -0.3 is 15.4 Å². The molecule has 0 aliphatic carbocycles. The van der Waals surface area contributed by atoms with Crippen molar-refractivity contribution < 1.29 is 9.53 Å². The molecule has 1 amide bonds. The van der Waals surface area contributed by atoms with E-state index >= 15 is 0 Å². The summed E-state index contributed by atoms with van der Waals surface area (Å²) in [5, 5.41) is 21.8. The van der Waals surface area contributed by atoms with Crippen LogP contribution >= 0.6 is 0 Å². The summed E-state index contributed by atoms with van der Waals surface area (Å²) in [7, 11) is 1.63. The van der Waals surface area contributed by atoms with Crippen LogP contribution in [0.25, 0.3) is 27.8 Å². The Hall–Kier alpha value is -5.31. The molecule has 3 aromatic heterocycles. The summed E-state index contributed by atoms with van der Waals surface area (Å²) in [6.45, 7) is 0. The number of nitrogens with one attached hydrogen (secondary N) is 2. The fraction of sp³-hybridized carbons (Fsp3) is 0.0357. The molecule has 0 saturated heterocycles. The highest BCUT2D eigenvalue weighted by Crippen LogP contribution is 2.30. The van der Waals surface area contributed by atoms with E-state index in [1.54, 1.807) is 30.0 Å². The van der Waals surface area contributed by atoms with Gasteiger partial charge in [0.1, 0.15) is 5.75 Å². The van der Waals surface area contributed by atoms with Crippen LogP contribution in [0, 0.1) is 0 Å². The van der Waals surface area contributed by atoms with E-state index in [9.17, 15) is 4.79 Å². The number of rotatable bonds is 6. The van der Waals surface area contributed by atoms with Gasteiger partial charge in [0.2, 0.25) is 0 Å². The fourth-order valence-electron chi connectivity index (χ4n) is 4.07. The van der Waals surface area contributed by atoms with Crippen LogP contribution in [-0.2, 0) is 0 Å². The molecular formula is C28H21N7O2. The fourth-order valence-corrected chi connectivity index (χ4v) is 4.07. The number of carbonyl (C=O) groups is 1. The third-order valence-corrected chi connectivity index (χ3v) is 5.94. The van der Waals surface area contributed by atoms with Crippen LogP contribution in [0.2, 0.25) is 0 Å². The van der Waals surface area contributed by atoms with Crippen LogP contribution in [0.4, 0.5) is 17.2 Å². The molecule has 2 N–H and O–H groups in total. The summed E-state index contributed by atoms with van der Waals surface area (Å²) in [5.41, 5.74) is 3.52. The first-order chi connectivity index (χ1) is 18.2. The lowest BCUT2D eigenvalue weighted by molar-refractivity contribution is 0.102. The maximum absolute atomic E-state index is 12.4. The molecule has 0 atom stereocenters. The quantitative estimate of drug-likeness (QED) is 0.326. The minimum atomic E-state index is -0.217. The van der Waals surface area contributed by atoms with E-state index in [-0.39, 0.29) is 5.91 Å². The molecule has 6 rings (SSSR count). The van der Waals surface area contributed by atoms with Gasteiger partial charge in [-0.3, -0.25) is 9.78 Å². The second kappa shape index (κ2) is 9.38.